The molecule has 0 unspecified atom stereocenters. The standard InChI is InChI=1S/C11H22O2/c1-10(7-9-12)6-5-8-11(2,3)13-4/h7,9-10,12H,5-6,8H2,1-4H3/b9-7+/t10-/m0/s1. The largest absolute Gasteiger partial charge is 0.516 e. The number of aliphatic hydroxyl groups is 1. The maximum Gasteiger partial charge on any atom is 0.0754 e. The van der Waals surface area contributed by atoms with Crippen LogP contribution >= 0.6 is 0 Å². The Morgan fingerprint density at radius 3 is 2.54 bits per heavy atom. The predicted octanol–water partition coefficient (Wildman–Crippen LogP) is 3.29. The Morgan fingerprint density at radius 1 is 1.46 bits per heavy atom. The van der Waals surface area contributed by atoms with Gasteiger partial charge in [0.05, 0.1) is 11.9 Å². The maximum absolute atomic E-state index is 8.54. The second kappa shape index (κ2) is 6.03. The van der Waals surface area contributed by atoms with E-state index >= 15 is 0 Å². The minimum Gasteiger partial charge on any atom is -0.516 e. The summed E-state index contributed by atoms with van der Waals surface area (Å²) in [6.07, 6.45) is 6.25. The third kappa shape index (κ3) is 6.64. The third-order valence-electron chi connectivity index (χ3n) is 2.41. The fourth-order valence-electron chi connectivity index (χ4n) is 1.19. The molecule has 1 N–H and O–H groups in total. The molecule has 0 radical (unpaired) electrons. The van der Waals surface area contributed by atoms with Gasteiger partial charge in [0.1, 0.15) is 0 Å². The van der Waals surface area contributed by atoms with Crippen molar-refractivity contribution in [2.45, 2.75) is 45.6 Å². The summed E-state index contributed by atoms with van der Waals surface area (Å²) in [4.78, 5) is 0. The van der Waals surface area contributed by atoms with E-state index in [1.807, 2.05) is 6.08 Å². The zero-order valence-corrected chi connectivity index (χ0v) is 9.21. The highest BCUT2D eigenvalue weighted by atomic mass is 16.5. The lowest BCUT2D eigenvalue weighted by molar-refractivity contribution is 0.0130. The van der Waals surface area contributed by atoms with E-state index < -0.39 is 0 Å². The Labute approximate surface area is 81.6 Å². The second-order valence-electron chi connectivity index (χ2n) is 4.17. The predicted molar refractivity (Wildman–Crippen MR) is 55.9 cm³/mol. The molecular weight excluding hydrogens is 164 g/mol. The Hall–Kier alpha value is -0.500. The molecule has 78 valence electrons. The first-order valence-corrected chi connectivity index (χ1v) is 4.88. The Morgan fingerprint density at radius 2 is 2.08 bits per heavy atom. The molecule has 0 aliphatic carbocycles. The molecule has 2 nitrogen and oxygen atoms in total. The first-order chi connectivity index (χ1) is 6.02. The van der Waals surface area contributed by atoms with Crippen LogP contribution in [0.15, 0.2) is 12.3 Å². The average Bonchev–Trinajstić information content (AvgIpc) is 2.05. The molecule has 2 heteroatoms. The second-order valence-corrected chi connectivity index (χ2v) is 4.17. The van der Waals surface area contributed by atoms with E-state index in [2.05, 4.69) is 20.8 Å². The van der Waals surface area contributed by atoms with E-state index in [0.29, 0.717) is 5.92 Å². The summed E-state index contributed by atoms with van der Waals surface area (Å²) in [5, 5.41) is 8.54. The van der Waals surface area contributed by atoms with E-state index in [0.717, 1.165) is 25.5 Å². The molecule has 0 saturated heterocycles. The number of aliphatic hydroxyl groups excluding tert-OH is 1. The van der Waals surface area contributed by atoms with Crippen LogP contribution in [0.2, 0.25) is 0 Å². The molecule has 0 aromatic rings. The van der Waals surface area contributed by atoms with Crippen molar-refractivity contribution in [3.63, 3.8) is 0 Å². The van der Waals surface area contributed by atoms with Gasteiger partial charge in [0.25, 0.3) is 0 Å². The molecule has 13 heavy (non-hydrogen) atoms. The lowest BCUT2D eigenvalue weighted by atomic mass is 9.97. The molecule has 0 saturated carbocycles. The molecule has 0 rings (SSSR count). The van der Waals surface area contributed by atoms with Crippen molar-refractivity contribution in [3.8, 4) is 0 Å². The molecular formula is C11H22O2. The molecule has 0 aromatic carbocycles. The van der Waals surface area contributed by atoms with Crippen LogP contribution in [0.5, 0.6) is 0 Å². The average molecular weight is 186 g/mol. The summed E-state index contributed by atoms with van der Waals surface area (Å²) in [7, 11) is 1.75. The highest BCUT2D eigenvalue weighted by Crippen LogP contribution is 2.19. The number of ether oxygens (including phenoxy) is 1. The fourth-order valence-corrected chi connectivity index (χ4v) is 1.19. The lowest BCUT2D eigenvalue weighted by Gasteiger charge is -2.22. The van der Waals surface area contributed by atoms with Crippen LogP contribution in [0.1, 0.15) is 40.0 Å². The van der Waals surface area contributed by atoms with Crippen LogP contribution in [0.25, 0.3) is 0 Å². The fraction of sp³-hybridized carbons (Fsp3) is 0.818. The van der Waals surface area contributed by atoms with Crippen LogP contribution < -0.4 is 0 Å². The van der Waals surface area contributed by atoms with E-state index in [4.69, 9.17) is 9.84 Å². The number of rotatable bonds is 6. The Bertz CT molecular complexity index is 150. The summed E-state index contributed by atoms with van der Waals surface area (Å²) in [5.41, 5.74) is -0.0113. The van der Waals surface area contributed by atoms with Crippen molar-refractivity contribution in [2.75, 3.05) is 7.11 Å². The summed E-state index contributed by atoms with van der Waals surface area (Å²) in [6.45, 7) is 6.30. The minimum absolute atomic E-state index is 0.0113. The van der Waals surface area contributed by atoms with Gasteiger partial charge >= 0.3 is 0 Å². The molecule has 0 amide bonds. The zero-order valence-electron chi connectivity index (χ0n) is 9.21. The van der Waals surface area contributed by atoms with E-state index in [1.165, 1.54) is 0 Å². The van der Waals surface area contributed by atoms with Crippen LogP contribution in [-0.4, -0.2) is 17.8 Å². The smallest absolute Gasteiger partial charge is 0.0754 e. The van der Waals surface area contributed by atoms with E-state index in [-0.39, 0.29) is 5.60 Å². The van der Waals surface area contributed by atoms with Gasteiger partial charge in [-0.15, -0.1) is 0 Å². The molecule has 0 aliphatic rings. The number of hydrogen-bond donors (Lipinski definition) is 1. The summed E-state index contributed by atoms with van der Waals surface area (Å²) in [6, 6.07) is 0. The minimum atomic E-state index is -0.0113. The summed E-state index contributed by atoms with van der Waals surface area (Å²) >= 11 is 0. The molecule has 1 atom stereocenters. The summed E-state index contributed by atoms with van der Waals surface area (Å²) in [5.74, 6) is 0.456. The highest BCUT2D eigenvalue weighted by molar-refractivity contribution is 4.79. The van der Waals surface area contributed by atoms with Crippen LogP contribution in [-0.2, 0) is 4.74 Å². The Balaban J connectivity index is 3.55. The first kappa shape index (κ1) is 12.5. The van der Waals surface area contributed by atoms with Crippen molar-refractivity contribution in [2.24, 2.45) is 5.92 Å². The summed E-state index contributed by atoms with van der Waals surface area (Å²) < 4.78 is 5.31. The van der Waals surface area contributed by atoms with E-state index in [9.17, 15) is 0 Å². The quantitative estimate of drug-likeness (QED) is 0.645. The maximum atomic E-state index is 8.54. The van der Waals surface area contributed by atoms with Crippen molar-refractivity contribution in [1.82, 2.24) is 0 Å². The molecule has 0 spiro atoms. The van der Waals surface area contributed by atoms with Crippen molar-refractivity contribution in [1.29, 1.82) is 0 Å². The molecule has 0 bridgehead atoms. The normalized spacial score (nSPS) is 15.1. The van der Waals surface area contributed by atoms with Gasteiger partial charge in [0, 0.05) is 7.11 Å². The monoisotopic (exact) mass is 186 g/mol. The van der Waals surface area contributed by atoms with E-state index in [1.54, 1.807) is 7.11 Å². The van der Waals surface area contributed by atoms with Crippen molar-refractivity contribution < 1.29 is 9.84 Å². The van der Waals surface area contributed by atoms with Crippen LogP contribution in [0.4, 0.5) is 0 Å². The van der Waals surface area contributed by atoms with Crippen molar-refractivity contribution >= 4 is 0 Å². The van der Waals surface area contributed by atoms with Crippen LogP contribution in [0, 0.1) is 5.92 Å². The lowest BCUT2D eigenvalue weighted by Crippen LogP contribution is -2.22. The number of hydrogen-bond acceptors (Lipinski definition) is 2. The van der Waals surface area contributed by atoms with Gasteiger partial charge in [-0.05, 0) is 38.7 Å². The third-order valence-corrected chi connectivity index (χ3v) is 2.41. The molecule has 0 fully saturated rings. The zero-order chi connectivity index (χ0) is 10.3. The Kier molecular flexibility index (Phi) is 5.80. The van der Waals surface area contributed by atoms with Gasteiger partial charge < -0.3 is 9.84 Å². The molecule has 0 aliphatic heterocycles. The molecule has 0 heterocycles. The number of allylic oxidation sites excluding steroid dienone is 1. The SMILES string of the molecule is COC(C)(C)CCC[C@H](C)/C=C/O. The van der Waals surface area contributed by atoms with Gasteiger partial charge in [0.15, 0.2) is 0 Å². The van der Waals surface area contributed by atoms with Crippen LogP contribution in [0.3, 0.4) is 0 Å². The first-order valence-electron chi connectivity index (χ1n) is 4.88. The van der Waals surface area contributed by atoms with Gasteiger partial charge in [0.2, 0.25) is 0 Å². The van der Waals surface area contributed by atoms with Gasteiger partial charge in [-0.25, -0.2) is 0 Å². The van der Waals surface area contributed by atoms with Crippen molar-refractivity contribution in [3.05, 3.63) is 12.3 Å². The van der Waals surface area contributed by atoms with Gasteiger partial charge in [-0.2, -0.15) is 0 Å². The number of methoxy groups -OCH3 is 1. The van der Waals surface area contributed by atoms with Gasteiger partial charge in [-0.1, -0.05) is 13.3 Å². The molecule has 0 aromatic heterocycles. The highest BCUT2D eigenvalue weighted by Gasteiger charge is 2.15. The van der Waals surface area contributed by atoms with Gasteiger partial charge in [-0.3, -0.25) is 0 Å². The topological polar surface area (TPSA) is 29.5 Å².